The van der Waals surface area contributed by atoms with E-state index in [4.69, 9.17) is 0 Å². The highest BCUT2D eigenvalue weighted by Crippen LogP contribution is 2.14. The highest BCUT2D eigenvalue weighted by Gasteiger charge is 2.08. The van der Waals surface area contributed by atoms with E-state index in [-0.39, 0.29) is 0 Å². The molecular weight excluding hydrogens is 214 g/mol. The van der Waals surface area contributed by atoms with Crippen molar-refractivity contribution >= 4 is 0 Å². The Balaban J connectivity index is 2.64. The average molecular weight is 237 g/mol. The first-order valence-corrected chi connectivity index (χ1v) is 6.31. The van der Waals surface area contributed by atoms with Crippen LogP contribution in [0.4, 0.5) is 0 Å². The molecule has 1 aromatic rings. The predicted molar refractivity (Wildman–Crippen MR) is 68.9 cm³/mol. The number of hydrogen-bond donors (Lipinski definition) is 1. The van der Waals surface area contributed by atoms with Crippen LogP contribution in [0, 0.1) is 6.92 Å². The number of rotatable bonds is 6. The minimum atomic E-state index is -0.494. The summed E-state index contributed by atoms with van der Waals surface area (Å²) < 4.78 is 0. The van der Waals surface area contributed by atoms with Crippen LogP contribution in [-0.4, -0.2) is 39.6 Å². The maximum Gasteiger partial charge on any atom is 0.129 e. The molecule has 1 atom stereocenters. The van der Waals surface area contributed by atoms with E-state index in [0.717, 1.165) is 43.1 Å². The van der Waals surface area contributed by atoms with Crippen LogP contribution in [0.25, 0.3) is 0 Å². The number of nitrogens with zero attached hydrogens (tertiary/aromatic N) is 3. The summed E-state index contributed by atoms with van der Waals surface area (Å²) in [5.74, 6) is 0.860. The number of aryl methyl sites for hydroxylation is 1. The summed E-state index contributed by atoms with van der Waals surface area (Å²) >= 11 is 0. The summed E-state index contributed by atoms with van der Waals surface area (Å²) in [7, 11) is 0. The molecule has 1 N–H and O–H groups in total. The molecule has 0 aliphatic carbocycles. The van der Waals surface area contributed by atoms with Gasteiger partial charge in [-0.2, -0.15) is 0 Å². The van der Waals surface area contributed by atoms with Crippen molar-refractivity contribution in [3.63, 3.8) is 0 Å². The van der Waals surface area contributed by atoms with Crippen molar-refractivity contribution in [2.45, 2.75) is 40.2 Å². The largest absolute Gasteiger partial charge is 0.389 e. The Morgan fingerprint density at radius 3 is 2.47 bits per heavy atom. The molecular formula is C13H23N3O. The zero-order chi connectivity index (χ0) is 12.8. The van der Waals surface area contributed by atoms with E-state index in [1.54, 1.807) is 13.1 Å². The summed E-state index contributed by atoms with van der Waals surface area (Å²) in [6, 6.07) is 0. The van der Waals surface area contributed by atoms with Gasteiger partial charge >= 0.3 is 0 Å². The molecule has 0 bridgehead atoms. The Morgan fingerprint density at radius 2 is 2.00 bits per heavy atom. The summed E-state index contributed by atoms with van der Waals surface area (Å²) in [6.45, 7) is 11.1. The van der Waals surface area contributed by atoms with Crippen LogP contribution in [-0.2, 0) is 6.42 Å². The Bertz CT molecular complexity index is 349. The van der Waals surface area contributed by atoms with Crippen LogP contribution in [0.3, 0.4) is 0 Å². The molecule has 4 heteroatoms. The summed E-state index contributed by atoms with van der Waals surface area (Å²) in [4.78, 5) is 11.1. The molecule has 0 unspecified atom stereocenters. The minimum Gasteiger partial charge on any atom is -0.389 e. The van der Waals surface area contributed by atoms with Crippen molar-refractivity contribution in [3.8, 4) is 0 Å². The van der Waals surface area contributed by atoms with Crippen LogP contribution in [0.2, 0.25) is 0 Å². The molecule has 17 heavy (non-hydrogen) atoms. The van der Waals surface area contributed by atoms with Gasteiger partial charge in [0, 0.05) is 30.4 Å². The molecule has 0 amide bonds. The molecule has 0 saturated heterocycles. The van der Waals surface area contributed by atoms with E-state index in [9.17, 15) is 5.11 Å². The number of aliphatic hydroxyl groups is 1. The fourth-order valence-corrected chi connectivity index (χ4v) is 1.85. The third kappa shape index (κ3) is 4.06. The van der Waals surface area contributed by atoms with Gasteiger partial charge < -0.3 is 10.0 Å². The second kappa shape index (κ2) is 6.67. The van der Waals surface area contributed by atoms with Gasteiger partial charge in [0.15, 0.2) is 0 Å². The summed E-state index contributed by atoms with van der Waals surface area (Å²) in [5.41, 5.74) is 1.70. The van der Waals surface area contributed by atoms with Crippen LogP contribution in [0.1, 0.15) is 44.0 Å². The number of aromatic nitrogens is 2. The molecule has 0 aromatic carbocycles. The fourth-order valence-electron chi connectivity index (χ4n) is 1.85. The third-order valence-corrected chi connectivity index (χ3v) is 3.06. The summed E-state index contributed by atoms with van der Waals surface area (Å²) in [6.07, 6.45) is 2.11. The molecule has 1 rings (SSSR count). The molecule has 1 heterocycles. The van der Waals surface area contributed by atoms with E-state index < -0.39 is 6.10 Å². The third-order valence-electron chi connectivity index (χ3n) is 3.06. The first-order chi connectivity index (χ1) is 8.08. The highest BCUT2D eigenvalue weighted by atomic mass is 16.3. The van der Waals surface area contributed by atoms with Crippen LogP contribution in [0.15, 0.2) is 6.20 Å². The van der Waals surface area contributed by atoms with Gasteiger partial charge in [-0.05, 0) is 26.9 Å². The van der Waals surface area contributed by atoms with Crippen molar-refractivity contribution in [1.82, 2.24) is 14.9 Å². The Kier molecular flexibility index (Phi) is 5.51. The quantitative estimate of drug-likeness (QED) is 0.818. The molecule has 0 aliphatic rings. The Morgan fingerprint density at radius 1 is 1.35 bits per heavy atom. The molecule has 0 fully saturated rings. The lowest BCUT2D eigenvalue weighted by Gasteiger charge is -2.17. The Labute approximate surface area is 104 Å². The topological polar surface area (TPSA) is 49.2 Å². The standard InChI is InChI=1S/C13H23N3O/c1-5-16(6-2)8-7-13-14-9-12(11(4)17)10(3)15-13/h9,11,17H,5-8H2,1-4H3/t11-/m0/s1. The lowest BCUT2D eigenvalue weighted by atomic mass is 10.1. The highest BCUT2D eigenvalue weighted by molar-refractivity contribution is 5.18. The molecule has 4 nitrogen and oxygen atoms in total. The summed E-state index contributed by atoms with van der Waals surface area (Å²) in [5, 5.41) is 9.50. The van der Waals surface area contributed by atoms with E-state index in [0.29, 0.717) is 0 Å². The lowest BCUT2D eigenvalue weighted by Crippen LogP contribution is -2.26. The van der Waals surface area contributed by atoms with Gasteiger partial charge in [0.2, 0.25) is 0 Å². The average Bonchev–Trinajstić information content (AvgIpc) is 2.30. The predicted octanol–water partition coefficient (Wildman–Crippen LogP) is 1.72. The van der Waals surface area contributed by atoms with Crippen molar-refractivity contribution in [2.75, 3.05) is 19.6 Å². The second-order valence-corrected chi connectivity index (χ2v) is 4.28. The van der Waals surface area contributed by atoms with Crippen LogP contribution >= 0.6 is 0 Å². The van der Waals surface area contributed by atoms with E-state index >= 15 is 0 Å². The molecule has 1 aromatic heterocycles. The molecule has 96 valence electrons. The van der Waals surface area contributed by atoms with Gasteiger partial charge in [0.05, 0.1) is 6.10 Å². The Hall–Kier alpha value is -1.00. The monoisotopic (exact) mass is 237 g/mol. The molecule has 0 spiro atoms. The van der Waals surface area contributed by atoms with Gasteiger partial charge in [-0.15, -0.1) is 0 Å². The fraction of sp³-hybridized carbons (Fsp3) is 0.692. The maximum atomic E-state index is 9.50. The number of aliphatic hydroxyl groups excluding tert-OH is 1. The van der Waals surface area contributed by atoms with Gasteiger partial charge in [0.1, 0.15) is 5.82 Å². The molecule has 0 saturated carbocycles. The number of hydrogen-bond acceptors (Lipinski definition) is 4. The normalized spacial score (nSPS) is 13.1. The number of likely N-dealkylation sites (N-methyl/N-ethyl adjacent to an activating group) is 1. The molecule has 0 aliphatic heterocycles. The molecule has 0 radical (unpaired) electrons. The van der Waals surface area contributed by atoms with Crippen LogP contribution in [0.5, 0.6) is 0 Å². The van der Waals surface area contributed by atoms with Gasteiger partial charge in [0.25, 0.3) is 0 Å². The van der Waals surface area contributed by atoms with Crippen molar-refractivity contribution in [2.24, 2.45) is 0 Å². The smallest absolute Gasteiger partial charge is 0.129 e. The van der Waals surface area contributed by atoms with Crippen molar-refractivity contribution < 1.29 is 5.11 Å². The SMILES string of the molecule is CCN(CC)CCc1ncc([C@H](C)O)c(C)n1. The first kappa shape index (κ1) is 14.1. The van der Waals surface area contributed by atoms with E-state index in [1.807, 2.05) is 6.92 Å². The first-order valence-electron chi connectivity index (χ1n) is 6.31. The lowest BCUT2D eigenvalue weighted by molar-refractivity contribution is 0.197. The maximum absolute atomic E-state index is 9.50. The second-order valence-electron chi connectivity index (χ2n) is 4.28. The van der Waals surface area contributed by atoms with Crippen LogP contribution < -0.4 is 0 Å². The zero-order valence-corrected chi connectivity index (χ0v) is 11.3. The zero-order valence-electron chi connectivity index (χ0n) is 11.3. The van der Waals surface area contributed by atoms with Gasteiger partial charge in [-0.1, -0.05) is 13.8 Å². The van der Waals surface area contributed by atoms with Crippen molar-refractivity contribution in [1.29, 1.82) is 0 Å². The van der Waals surface area contributed by atoms with Gasteiger partial charge in [-0.3, -0.25) is 0 Å². The minimum absolute atomic E-state index is 0.494. The van der Waals surface area contributed by atoms with Gasteiger partial charge in [-0.25, -0.2) is 9.97 Å². The van der Waals surface area contributed by atoms with Crippen molar-refractivity contribution in [3.05, 3.63) is 23.3 Å². The van der Waals surface area contributed by atoms with E-state index in [2.05, 4.69) is 28.7 Å². The van der Waals surface area contributed by atoms with E-state index in [1.165, 1.54) is 0 Å².